The van der Waals surface area contributed by atoms with Gasteiger partial charge < -0.3 is 14.6 Å². The number of phenols is 1. The predicted octanol–water partition coefficient (Wildman–Crippen LogP) is 3.24. The highest BCUT2D eigenvalue weighted by atomic mass is 16.6. The molecule has 0 atom stereocenters. The SMILES string of the molecule is CCCOCCOC(=O)c1cc(/C=N/N=C/c2ccc(C=O)cc2)ccc1O. The minimum absolute atomic E-state index is 0.0490. The third kappa shape index (κ3) is 6.77. The summed E-state index contributed by atoms with van der Waals surface area (Å²) < 4.78 is 10.3. The van der Waals surface area contributed by atoms with E-state index in [2.05, 4.69) is 10.2 Å². The van der Waals surface area contributed by atoms with Crippen molar-refractivity contribution in [3.63, 3.8) is 0 Å². The van der Waals surface area contributed by atoms with E-state index in [4.69, 9.17) is 9.47 Å². The average Bonchev–Trinajstić information content (AvgIpc) is 2.72. The molecule has 7 nitrogen and oxygen atoms in total. The van der Waals surface area contributed by atoms with Gasteiger partial charge in [0, 0.05) is 12.2 Å². The molecule has 0 saturated carbocycles. The second-order valence-electron chi connectivity index (χ2n) is 5.80. The van der Waals surface area contributed by atoms with Crippen LogP contribution < -0.4 is 0 Å². The molecule has 0 aliphatic carbocycles. The molecule has 0 spiro atoms. The smallest absolute Gasteiger partial charge is 0.342 e. The molecule has 7 heteroatoms. The molecule has 0 saturated heterocycles. The lowest BCUT2D eigenvalue weighted by molar-refractivity contribution is 0.0316. The number of phenolic OH excluding ortho intramolecular Hbond substituents is 1. The van der Waals surface area contributed by atoms with Crippen LogP contribution in [0.25, 0.3) is 0 Å². The number of ether oxygens (including phenoxy) is 2. The van der Waals surface area contributed by atoms with E-state index in [1.54, 1.807) is 30.3 Å². The van der Waals surface area contributed by atoms with E-state index in [1.165, 1.54) is 24.6 Å². The monoisotopic (exact) mass is 382 g/mol. The Kier molecular flexibility index (Phi) is 8.55. The van der Waals surface area contributed by atoms with Gasteiger partial charge in [-0.2, -0.15) is 10.2 Å². The van der Waals surface area contributed by atoms with Gasteiger partial charge in [0.2, 0.25) is 0 Å². The fourth-order valence-electron chi connectivity index (χ4n) is 2.18. The fraction of sp³-hybridized carbons (Fsp3) is 0.238. The third-order valence-corrected chi connectivity index (χ3v) is 3.60. The largest absolute Gasteiger partial charge is 0.507 e. The van der Waals surface area contributed by atoms with Crippen molar-refractivity contribution in [2.24, 2.45) is 10.2 Å². The van der Waals surface area contributed by atoms with Crippen LogP contribution in [0.15, 0.2) is 52.7 Å². The van der Waals surface area contributed by atoms with Crippen molar-refractivity contribution in [1.82, 2.24) is 0 Å². The Morgan fingerprint density at radius 1 is 0.964 bits per heavy atom. The van der Waals surface area contributed by atoms with Gasteiger partial charge in [0.05, 0.1) is 19.0 Å². The fourth-order valence-corrected chi connectivity index (χ4v) is 2.18. The Bertz CT molecular complexity index is 844. The molecule has 2 aromatic rings. The summed E-state index contributed by atoms with van der Waals surface area (Å²) in [5.74, 6) is -0.804. The van der Waals surface area contributed by atoms with Gasteiger partial charge in [-0.3, -0.25) is 4.79 Å². The number of esters is 1. The topological polar surface area (TPSA) is 97.5 Å². The summed E-state index contributed by atoms with van der Waals surface area (Å²) in [4.78, 5) is 22.7. The highest BCUT2D eigenvalue weighted by Crippen LogP contribution is 2.19. The first-order valence-electron chi connectivity index (χ1n) is 8.83. The number of hydrogen-bond acceptors (Lipinski definition) is 7. The second kappa shape index (κ2) is 11.4. The molecular weight excluding hydrogens is 360 g/mol. The zero-order chi connectivity index (χ0) is 20.2. The van der Waals surface area contributed by atoms with Gasteiger partial charge in [0.25, 0.3) is 0 Å². The second-order valence-corrected chi connectivity index (χ2v) is 5.80. The molecule has 2 aromatic carbocycles. The van der Waals surface area contributed by atoms with Crippen molar-refractivity contribution < 1.29 is 24.2 Å². The Hall–Kier alpha value is -3.32. The van der Waals surface area contributed by atoms with Crippen LogP contribution in [0.4, 0.5) is 0 Å². The first kappa shape index (κ1) is 21.0. The Balaban J connectivity index is 1.95. The number of nitrogens with zero attached hydrogens (tertiary/aromatic N) is 2. The van der Waals surface area contributed by atoms with Crippen LogP contribution >= 0.6 is 0 Å². The van der Waals surface area contributed by atoms with Gasteiger partial charge in [-0.15, -0.1) is 0 Å². The van der Waals surface area contributed by atoms with Crippen molar-refractivity contribution in [2.45, 2.75) is 13.3 Å². The molecule has 1 N–H and O–H groups in total. The number of hydrogen-bond donors (Lipinski definition) is 1. The summed E-state index contributed by atoms with van der Waals surface area (Å²) in [6.45, 7) is 3.02. The van der Waals surface area contributed by atoms with Gasteiger partial charge in [0.15, 0.2) is 0 Å². The number of aromatic hydroxyl groups is 1. The van der Waals surface area contributed by atoms with E-state index >= 15 is 0 Å². The van der Waals surface area contributed by atoms with Gasteiger partial charge in [-0.05, 0) is 35.7 Å². The van der Waals surface area contributed by atoms with E-state index in [0.29, 0.717) is 24.3 Å². The average molecular weight is 382 g/mol. The maximum atomic E-state index is 12.1. The highest BCUT2D eigenvalue weighted by molar-refractivity contribution is 5.95. The molecule has 0 unspecified atom stereocenters. The third-order valence-electron chi connectivity index (χ3n) is 3.60. The molecule has 0 fully saturated rings. The van der Waals surface area contributed by atoms with Crippen molar-refractivity contribution in [3.8, 4) is 5.75 Å². The molecule has 146 valence electrons. The van der Waals surface area contributed by atoms with Crippen LogP contribution in [-0.2, 0) is 9.47 Å². The quantitative estimate of drug-likeness (QED) is 0.224. The summed E-state index contributed by atoms with van der Waals surface area (Å²) in [5, 5.41) is 17.7. The van der Waals surface area contributed by atoms with Crippen LogP contribution in [0.2, 0.25) is 0 Å². The Labute approximate surface area is 163 Å². The molecule has 0 aliphatic heterocycles. The van der Waals surface area contributed by atoms with Gasteiger partial charge in [-0.1, -0.05) is 31.2 Å². The highest BCUT2D eigenvalue weighted by Gasteiger charge is 2.13. The van der Waals surface area contributed by atoms with E-state index in [0.717, 1.165) is 18.3 Å². The number of carbonyl (C=O) groups is 2. The standard InChI is InChI=1S/C21H22N2O5/c1-2-9-27-10-11-28-21(26)19-12-18(7-8-20(19)25)14-23-22-13-16-3-5-17(15-24)6-4-16/h3-8,12-15,25H,2,9-11H2,1H3/b22-13+,23-14+. The lowest BCUT2D eigenvalue weighted by Gasteiger charge is -2.07. The predicted molar refractivity (Wildman–Crippen MR) is 107 cm³/mol. The molecule has 0 amide bonds. The van der Waals surface area contributed by atoms with E-state index < -0.39 is 5.97 Å². The van der Waals surface area contributed by atoms with E-state index in [1.807, 2.05) is 6.92 Å². The summed E-state index contributed by atoms with van der Waals surface area (Å²) in [6, 6.07) is 11.3. The lowest BCUT2D eigenvalue weighted by Crippen LogP contribution is -2.11. The molecule has 0 heterocycles. The van der Waals surface area contributed by atoms with Crippen LogP contribution in [0.3, 0.4) is 0 Å². The molecular formula is C21H22N2O5. The minimum Gasteiger partial charge on any atom is -0.507 e. The van der Waals surface area contributed by atoms with Crippen molar-refractivity contribution in [3.05, 3.63) is 64.7 Å². The normalized spacial score (nSPS) is 11.2. The number of rotatable bonds is 10. The van der Waals surface area contributed by atoms with Crippen LogP contribution in [-0.4, -0.2) is 49.6 Å². The van der Waals surface area contributed by atoms with E-state index in [9.17, 15) is 14.7 Å². The van der Waals surface area contributed by atoms with Crippen molar-refractivity contribution in [2.75, 3.05) is 19.8 Å². The molecule has 0 bridgehead atoms. The summed E-state index contributed by atoms with van der Waals surface area (Å²) in [5.41, 5.74) is 2.01. The first-order valence-corrected chi connectivity index (χ1v) is 8.83. The van der Waals surface area contributed by atoms with Crippen LogP contribution in [0.1, 0.15) is 45.2 Å². The minimum atomic E-state index is -0.633. The molecule has 2 rings (SSSR count). The number of carbonyl (C=O) groups excluding carboxylic acids is 2. The van der Waals surface area contributed by atoms with Gasteiger partial charge in [0.1, 0.15) is 24.2 Å². The van der Waals surface area contributed by atoms with E-state index in [-0.39, 0.29) is 17.9 Å². The first-order chi connectivity index (χ1) is 13.6. The lowest BCUT2D eigenvalue weighted by atomic mass is 10.1. The zero-order valence-electron chi connectivity index (χ0n) is 15.6. The van der Waals surface area contributed by atoms with Gasteiger partial charge in [-0.25, -0.2) is 4.79 Å². The van der Waals surface area contributed by atoms with Crippen molar-refractivity contribution in [1.29, 1.82) is 0 Å². The van der Waals surface area contributed by atoms with Crippen molar-refractivity contribution >= 4 is 24.7 Å². The Morgan fingerprint density at radius 3 is 2.29 bits per heavy atom. The van der Waals surface area contributed by atoms with Crippen LogP contribution in [0.5, 0.6) is 5.75 Å². The number of benzene rings is 2. The number of aldehydes is 1. The Morgan fingerprint density at radius 2 is 1.61 bits per heavy atom. The molecule has 0 aliphatic rings. The maximum absolute atomic E-state index is 12.1. The summed E-state index contributed by atoms with van der Waals surface area (Å²) >= 11 is 0. The zero-order valence-corrected chi connectivity index (χ0v) is 15.6. The summed E-state index contributed by atoms with van der Waals surface area (Å²) in [6.07, 6.45) is 4.65. The molecule has 28 heavy (non-hydrogen) atoms. The van der Waals surface area contributed by atoms with Gasteiger partial charge >= 0.3 is 5.97 Å². The van der Waals surface area contributed by atoms with Crippen LogP contribution in [0, 0.1) is 0 Å². The molecule has 0 aromatic heterocycles. The molecule has 0 radical (unpaired) electrons. The maximum Gasteiger partial charge on any atom is 0.342 e. The summed E-state index contributed by atoms with van der Waals surface area (Å²) in [7, 11) is 0.